The number of hydrogen-bond donors (Lipinski definition) is 2. The third kappa shape index (κ3) is 3.06. The second kappa shape index (κ2) is 5.62. The van der Waals surface area contributed by atoms with Gasteiger partial charge in [-0.3, -0.25) is 9.69 Å². The normalized spacial score (nSPS) is 17.5. The first-order valence-corrected chi connectivity index (χ1v) is 6.84. The molecule has 1 aliphatic heterocycles. The van der Waals surface area contributed by atoms with E-state index < -0.39 is 0 Å². The number of rotatable bonds is 4. The van der Waals surface area contributed by atoms with Gasteiger partial charge >= 0.3 is 0 Å². The molecule has 0 saturated carbocycles. The van der Waals surface area contributed by atoms with Crippen LogP contribution in [0, 0.1) is 0 Å². The van der Waals surface area contributed by atoms with Gasteiger partial charge in [-0.25, -0.2) is 0 Å². The SMILES string of the molecule is CC(CNC(=O)CN)N1CCc2sccc2C1. The first-order chi connectivity index (χ1) is 8.20. The van der Waals surface area contributed by atoms with Gasteiger partial charge in [0.05, 0.1) is 6.54 Å². The molecule has 3 N–H and O–H groups in total. The summed E-state index contributed by atoms with van der Waals surface area (Å²) >= 11 is 1.85. The van der Waals surface area contributed by atoms with Crippen molar-refractivity contribution in [2.75, 3.05) is 19.6 Å². The van der Waals surface area contributed by atoms with Gasteiger partial charge in [-0.2, -0.15) is 0 Å². The van der Waals surface area contributed by atoms with E-state index in [2.05, 4.69) is 28.6 Å². The maximum Gasteiger partial charge on any atom is 0.233 e. The molecule has 5 heteroatoms. The summed E-state index contributed by atoms with van der Waals surface area (Å²) in [5, 5.41) is 5.01. The second-order valence-electron chi connectivity index (χ2n) is 4.45. The fourth-order valence-electron chi connectivity index (χ4n) is 2.11. The van der Waals surface area contributed by atoms with Crippen LogP contribution in [0.15, 0.2) is 11.4 Å². The number of hydrogen-bond acceptors (Lipinski definition) is 4. The molecular formula is C12H19N3OS. The zero-order valence-corrected chi connectivity index (χ0v) is 10.9. The van der Waals surface area contributed by atoms with Gasteiger partial charge in [0, 0.05) is 30.6 Å². The Morgan fingerprint density at radius 2 is 2.53 bits per heavy atom. The molecule has 1 aliphatic rings. The van der Waals surface area contributed by atoms with Crippen LogP contribution in [0.25, 0.3) is 0 Å². The van der Waals surface area contributed by atoms with Crippen molar-refractivity contribution >= 4 is 17.2 Å². The van der Waals surface area contributed by atoms with Crippen LogP contribution >= 0.6 is 11.3 Å². The molecule has 1 amide bonds. The minimum absolute atomic E-state index is 0.0708. The Balaban J connectivity index is 1.85. The molecule has 1 aromatic heterocycles. The van der Waals surface area contributed by atoms with E-state index in [4.69, 9.17) is 5.73 Å². The molecule has 0 fully saturated rings. The number of amides is 1. The molecule has 1 atom stereocenters. The van der Waals surface area contributed by atoms with Gasteiger partial charge in [0.2, 0.25) is 5.91 Å². The molecule has 17 heavy (non-hydrogen) atoms. The highest BCUT2D eigenvalue weighted by atomic mass is 32.1. The number of carbonyl (C=O) groups excluding carboxylic acids is 1. The van der Waals surface area contributed by atoms with Crippen molar-refractivity contribution in [1.82, 2.24) is 10.2 Å². The van der Waals surface area contributed by atoms with E-state index in [1.807, 2.05) is 11.3 Å². The molecule has 0 aliphatic carbocycles. The highest BCUT2D eigenvalue weighted by Crippen LogP contribution is 2.24. The van der Waals surface area contributed by atoms with E-state index in [-0.39, 0.29) is 12.5 Å². The van der Waals surface area contributed by atoms with Crippen LogP contribution in [0.5, 0.6) is 0 Å². The first kappa shape index (κ1) is 12.5. The molecule has 0 spiro atoms. The monoisotopic (exact) mass is 253 g/mol. The quantitative estimate of drug-likeness (QED) is 0.825. The molecule has 2 heterocycles. The van der Waals surface area contributed by atoms with E-state index in [9.17, 15) is 4.79 Å². The Bertz CT molecular complexity index is 391. The van der Waals surface area contributed by atoms with Gasteiger partial charge in [0.15, 0.2) is 0 Å². The summed E-state index contributed by atoms with van der Waals surface area (Å²) in [6.07, 6.45) is 1.13. The van der Waals surface area contributed by atoms with Crippen molar-refractivity contribution in [2.24, 2.45) is 5.73 Å². The van der Waals surface area contributed by atoms with E-state index in [0.717, 1.165) is 19.5 Å². The number of nitrogens with two attached hydrogens (primary N) is 1. The molecule has 94 valence electrons. The lowest BCUT2D eigenvalue weighted by Gasteiger charge is -2.32. The van der Waals surface area contributed by atoms with E-state index in [1.165, 1.54) is 10.4 Å². The number of carbonyl (C=O) groups is 1. The number of nitrogens with zero attached hydrogens (tertiary/aromatic N) is 1. The van der Waals surface area contributed by atoms with Crippen molar-refractivity contribution in [3.8, 4) is 0 Å². The number of thiophene rings is 1. The van der Waals surface area contributed by atoms with Gasteiger partial charge in [-0.15, -0.1) is 11.3 Å². The van der Waals surface area contributed by atoms with Crippen LogP contribution in [-0.4, -0.2) is 36.5 Å². The number of nitrogens with one attached hydrogen (secondary N) is 1. The second-order valence-corrected chi connectivity index (χ2v) is 5.45. The van der Waals surface area contributed by atoms with Crippen LogP contribution in [0.4, 0.5) is 0 Å². The molecule has 0 saturated heterocycles. The highest BCUT2D eigenvalue weighted by Gasteiger charge is 2.21. The third-order valence-electron chi connectivity index (χ3n) is 3.24. The Morgan fingerprint density at radius 3 is 3.29 bits per heavy atom. The Kier molecular flexibility index (Phi) is 4.15. The van der Waals surface area contributed by atoms with Crippen molar-refractivity contribution in [3.63, 3.8) is 0 Å². The predicted octanol–water partition coefficient (Wildman–Crippen LogP) is 0.570. The van der Waals surface area contributed by atoms with E-state index in [1.54, 1.807) is 0 Å². The minimum atomic E-state index is -0.0786. The molecule has 0 aromatic carbocycles. The van der Waals surface area contributed by atoms with Gasteiger partial charge in [0.1, 0.15) is 0 Å². The van der Waals surface area contributed by atoms with E-state index in [0.29, 0.717) is 12.6 Å². The lowest BCUT2D eigenvalue weighted by Crippen LogP contribution is -2.45. The van der Waals surface area contributed by atoms with Crippen molar-refractivity contribution in [1.29, 1.82) is 0 Å². The van der Waals surface area contributed by atoms with Crippen LogP contribution in [0.2, 0.25) is 0 Å². The summed E-state index contributed by atoms with van der Waals surface area (Å²) in [6, 6.07) is 2.57. The Morgan fingerprint density at radius 1 is 1.71 bits per heavy atom. The summed E-state index contributed by atoms with van der Waals surface area (Å²) < 4.78 is 0. The van der Waals surface area contributed by atoms with Crippen LogP contribution in [0.3, 0.4) is 0 Å². The summed E-state index contributed by atoms with van der Waals surface area (Å²) in [5.41, 5.74) is 6.70. The lowest BCUT2D eigenvalue weighted by molar-refractivity contribution is -0.119. The molecule has 1 aromatic rings. The zero-order chi connectivity index (χ0) is 12.3. The maximum atomic E-state index is 11.1. The van der Waals surface area contributed by atoms with Crippen LogP contribution in [-0.2, 0) is 17.8 Å². The third-order valence-corrected chi connectivity index (χ3v) is 4.26. The standard InChI is InChI=1S/C12H19N3OS/c1-9(7-14-12(16)6-13)15-4-2-11-10(8-15)3-5-17-11/h3,5,9H,2,4,6-8,13H2,1H3,(H,14,16). The summed E-state index contributed by atoms with van der Waals surface area (Å²) in [4.78, 5) is 15.0. The van der Waals surface area contributed by atoms with Gasteiger partial charge < -0.3 is 11.1 Å². The fourth-order valence-corrected chi connectivity index (χ4v) is 3.00. The van der Waals surface area contributed by atoms with Gasteiger partial charge in [0.25, 0.3) is 0 Å². The molecule has 2 rings (SSSR count). The Hall–Kier alpha value is -0.910. The van der Waals surface area contributed by atoms with Crippen molar-refractivity contribution in [2.45, 2.75) is 25.9 Å². The average molecular weight is 253 g/mol. The van der Waals surface area contributed by atoms with Gasteiger partial charge in [-0.05, 0) is 30.4 Å². The highest BCUT2D eigenvalue weighted by molar-refractivity contribution is 7.10. The van der Waals surface area contributed by atoms with Crippen LogP contribution < -0.4 is 11.1 Å². The molecule has 1 unspecified atom stereocenters. The Labute approximate surface area is 106 Å². The summed E-state index contributed by atoms with van der Waals surface area (Å²) in [7, 11) is 0. The summed E-state index contributed by atoms with van der Waals surface area (Å²) in [5.74, 6) is -0.0786. The lowest BCUT2D eigenvalue weighted by atomic mass is 10.1. The maximum absolute atomic E-state index is 11.1. The molecular weight excluding hydrogens is 234 g/mol. The van der Waals surface area contributed by atoms with E-state index >= 15 is 0 Å². The summed E-state index contributed by atoms with van der Waals surface area (Å²) in [6.45, 7) is 4.97. The predicted molar refractivity (Wildman–Crippen MR) is 70.0 cm³/mol. The zero-order valence-electron chi connectivity index (χ0n) is 10.1. The average Bonchev–Trinajstić information content (AvgIpc) is 2.82. The smallest absolute Gasteiger partial charge is 0.233 e. The molecule has 4 nitrogen and oxygen atoms in total. The minimum Gasteiger partial charge on any atom is -0.353 e. The molecule has 0 radical (unpaired) electrons. The van der Waals surface area contributed by atoms with Crippen LogP contribution in [0.1, 0.15) is 17.4 Å². The number of fused-ring (bicyclic) bond motifs is 1. The fraction of sp³-hybridized carbons (Fsp3) is 0.583. The largest absolute Gasteiger partial charge is 0.353 e. The van der Waals surface area contributed by atoms with Crippen molar-refractivity contribution < 1.29 is 4.79 Å². The first-order valence-electron chi connectivity index (χ1n) is 5.96. The van der Waals surface area contributed by atoms with Crippen molar-refractivity contribution in [3.05, 3.63) is 21.9 Å². The van der Waals surface area contributed by atoms with Gasteiger partial charge in [-0.1, -0.05) is 0 Å². The molecule has 0 bridgehead atoms. The topological polar surface area (TPSA) is 58.4 Å².